The molecule has 0 aromatic carbocycles. The summed E-state index contributed by atoms with van der Waals surface area (Å²) in [7, 11) is 0. The van der Waals surface area contributed by atoms with Gasteiger partial charge < -0.3 is 0 Å². The first-order valence-electron chi connectivity index (χ1n) is 7.37. The van der Waals surface area contributed by atoms with Gasteiger partial charge in [-0.25, -0.2) is 5.32 Å². The van der Waals surface area contributed by atoms with Gasteiger partial charge in [-0.05, 0) is 19.3 Å². The number of hydrogen-bond acceptors (Lipinski definition) is 2. The zero-order chi connectivity index (χ0) is 14.8. The smallest absolute Gasteiger partial charge is 0.145 e. The average Bonchev–Trinajstić information content (AvgIpc) is 2.47. The minimum Gasteiger partial charge on any atom is -0.264 e. The summed E-state index contributed by atoms with van der Waals surface area (Å²) in [5.74, 6) is -0.275. The average molecular weight is 274 g/mol. The molecule has 1 aliphatic rings. The minimum absolute atomic E-state index is 0.275. The molecule has 0 aliphatic carbocycles. The highest BCUT2D eigenvalue weighted by atomic mass is 15.5. The molecule has 3 nitrogen and oxygen atoms in total. The van der Waals surface area contributed by atoms with Crippen molar-refractivity contribution in [1.29, 1.82) is 0 Å². The second kappa shape index (κ2) is 8.90. The van der Waals surface area contributed by atoms with E-state index in [4.69, 9.17) is 5.32 Å². The van der Waals surface area contributed by atoms with Crippen molar-refractivity contribution < 1.29 is 0 Å². The molecule has 3 heteroatoms. The summed E-state index contributed by atoms with van der Waals surface area (Å²) >= 11 is 0. The van der Waals surface area contributed by atoms with Crippen LogP contribution in [0.15, 0.2) is 50.6 Å². The molecule has 0 atom stereocenters. The van der Waals surface area contributed by atoms with Gasteiger partial charge in [-0.15, -0.1) is 26.3 Å². The lowest BCUT2D eigenvalue weighted by molar-refractivity contribution is -0.0853. The van der Waals surface area contributed by atoms with Crippen LogP contribution in [0.5, 0.6) is 0 Å². The predicted molar refractivity (Wildman–Crippen MR) is 87.5 cm³/mol. The Balaban J connectivity index is 3.08. The van der Waals surface area contributed by atoms with Gasteiger partial charge in [0.2, 0.25) is 0 Å². The fourth-order valence-corrected chi connectivity index (χ4v) is 2.88. The van der Waals surface area contributed by atoms with Crippen molar-refractivity contribution >= 4 is 0 Å². The third kappa shape index (κ3) is 3.92. The Hall–Kier alpha value is -1.16. The van der Waals surface area contributed by atoms with E-state index in [9.17, 15) is 0 Å². The standard InChI is InChI=1S/C17H28N3/c1-5-13-19(14-6-2)17(11-9-10-12-18-17)20(15-7-3)16-8-4/h5-8H,1-4,9-16H2. The van der Waals surface area contributed by atoms with Crippen LogP contribution in [-0.2, 0) is 0 Å². The molecule has 111 valence electrons. The monoisotopic (exact) mass is 274 g/mol. The minimum atomic E-state index is -0.275. The maximum absolute atomic E-state index is 5.00. The van der Waals surface area contributed by atoms with Crippen molar-refractivity contribution in [3.8, 4) is 0 Å². The van der Waals surface area contributed by atoms with Crippen molar-refractivity contribution in [2.24, 2.45) is 0 Å². The van der Waals surface area contributed by atoms with Crippen LogP contribution >= 0.6 is 0 Å². The first kappa shape index (κ1) is 16.9. The summed E-state index contributed by atoms with van der Waals surface area (Å²) in [6.07, 6.45) is 11.2. The van der Waals surface area contributed by atoms with Gasteiger partial charge in [0.05, 0.1) is 0 Å². The van der Waals surface area contributed by atoms with E-state index in [1.807, 2.05) is 24.3 Å². The lowest BCUT2D eigenvalue weighted by Crippen LogP contribution is -2.67. The highest BCUT2D eigenvalue weighted by Gasteiger charge is 2.42. The topological polar surface area (TPSA) is 20.6 Å². The Morgan fingerprint density at radius 2 is 1.25 bits per heavy atom. The van der Waals surface area contributed by atoms with E-state index < -0.39 is 0 Å². The summed E-state index contributed by atoms with van der Waals surface area (Å²) in [6.45, 7) is 19.7. The van der Waals surface area contributed by atoms with Gasteiger partial charge in [0.1, 0.15) is 5.79 Å². The van der Waals surface area contributed by atoms with E-state index in [1.54, 1.807) is 0 Å². The van der Waals surface area contributed by atoms with Gasteiger partial charge in [-0.1, -0.05) is 24.3 Å². The van der Waals surface area contributed by atoms with Crippen LogP contribution in [-0.4, -0.2) is 48.3 Å². The van der Waals surface area contributed by atoms with Crippen molar-refractivity contribution in [3.63, 3.8) is 0 Å². The summed E-state index contributed by atoms with van der Waals surface area (Å²) in [6, 6.07) is 0. The molecule has 0 saturated carbocycles. The molecule has 1 saturated heterocycles. The van der Waals surface area contributed by atoms with Gasteiger partial charge in [0.15, 0.2) is 0 Å². The molecule has 0 unspecified atom stereocenters. The number of nitrogens with zero attached hydrogens (tertiary/aromatic N) is 3. The van der Waals surface area contributed by atoms with Crippen LogP contribution in [0.4, 0.5) is 0 Å². The summed E-state index contributed by atoms with van der Waals surface area (Å²) in [5.41, 5.74) is 0. The molecular weight excluding hydrogens is 246 g/mol. The lowest BCUT2D eigenvalue weighted by atomic mass is 10.0. The molecule has 0 bridgehead atoms. The van der Waals surface area contributed by atoms with Crippen LogP contribution in [0, 0.1) is 0 Å². The van der Waals surface area contributed by atoms with E-state index in [1.165, 1.54) is 12.8 Å². The quantitative estimate of drug-likeness (QED) is 0.451. The first-order chi connectivity index (χ1) is 9.75. The Bertz CT molecular complexity index is 283. The van der Waals surface area contributed by atoms with Crippen LogP contribution in [0.1, 0.15) is 19.3 Å². The number of piperidine rings is 1. The number of rotatable bonds is 10. The Labute approximate surface area is 124 Å². The van der Waals surface area contributed by atoms with Crippen molar-refractivity contribution in [2.45, 2.75) is 25.0 Å². The van der Waals surface area contributed by atoms with E-state index >= 15 is 0 Å². The van der Waals surface area contributed by atoms with Gasteiger partial charge in [0.25, 0.3) is 0 Å². The van der Waals surface area contributed by atoms with Gasteiger partial charge in [0, 0.05) is 32.7 Å². The van der Waals surface area contributed by atoms with Crippen molar-refractivity contribution in [2.75, 3.05) is 32.7 Å². The van der Waals surface area contributed by atoms with E-state index in [0.717, 1.165) is 39.1 Å². The van der Waals surface area contributed by atoms with Crippen molar-refractivity contribution in [1.82, 2.24) is 15.1 Å². The largest absolute Gasteiger partial charge is 0.264 e. The predicted octanol–water partition coefficient (Wildman–Crippen LogP) is 2.78. The molecule has 1 rings (SSSR count). The SMILES string of the molecule is C=CCN(CC=C)C1(N(CC=C)CC=C)CCCC[N]1. The zero-order valence-corrected chi connectivity index (χ0v) is 12.6. The Morgan fingerprint density at radius 3 is 1.55 bits per heavy atom. The Morgan fingerprint density at radius 1 is 0.800 bits per heavy atom. The molecular formula is C17H28N3. The maximum Gasteiger partial charge on any atom is 0.145 e. The molecule has 1 fully saturated rings. The van der Waals surface area contributed by atoms with E-state index in [0.29, 0.717) is 0 Å². The van der Waals surface area contributed by atoms with Gasteiger partial charge >= 0.3 is 0 Å². The van der Waals surface area contributed by atoms with Crippen LogP contribution in [0.3, 0.4) is 0 Å². The summed E-state index contributed by atoms with van der Waals surface area (Å²) < 4.78 is 0. The first-order valence-corrected chi connectivity index (χ1v) is 7.37. The highest BCUT2D eigenvalue weighted by Crippen LogP contribution is 2.29. The lowest BCUT2D eigenvalue weighted by Gasteiger charge is -2.51. The van der Waals surface area contributed by atoms with Crippen LogP contribution in [0.25, 0.3) is 0 Å². The van der Waals surface area contributed by atoms with E-state index in [-0.39, 0.29) is 5.79 Å². The molecule has 0 N–H and O–H groups in total. The molecule has 0 amide bonds. The van der Waals surface area contributed by atoms with Gasteiger partial charge in [-0.3, -0.25) is 9.80 Å². The maximum atomic E-state index is 5.00. The van der Waals surface area contributed by atoms with E-state index in [2.05, 4.69) is 36.1 Å². The van der Waals surface area contributed by atoms with Crippen LogP contribution < -0.4 is 5.32 Å². The van der Waals surface area contributed by atoms with Crippen LogP contribution in [0.2, 0.25) is 0 Å². The molecule has 0 spiro atoms. The normalized spacial score (nSPS) is 17.9. The van der Waals surface area contributed by atoms with Gasteiger partial charge in [-0.2, -0.15) is 0 Å². The molecule has 1 radical (unpaired) electrons. The second-order valence-corrected chi connectivity index (χ2v) is 5.08. The summed E-state index contributed by atoms with van der Waals surface area (Å²) in [5, 5.41) is 5.00. The molecule has 0 aromatic heterocycles. The number of hydrogen-bond donors (Lipinski definition) is 0. The zero-order valence-electron chi connectivity index (χ0n) is 12.6. The Kier molecular flexibility index (Phi) is 7.52. The molecule has 0 aromatic rings. The van der Waals surface area contributed by atoms with Crippen molar-refractivity contribution in [3.05, 3.63) is 50.6 Å². The molecule has 20 heavy (non-hydrogen) atoms. The fourth-order valence-electron chi connectivity index (χ4n) is 2.88. The second-order valence-electron chi connectivity index (χ2n) is 5.08. The fraction of sp³-hybridized carbons (Fsp3) is 0.529. The third-order valence-corrected chi connectivity index (χ3v) is 3.70. The molecule has 1 heterocycles. The highest BCUT2D eigenvalue weighted by molar-refractivity contribution is 4.99. The third-order valence-electron chi connectivity index (χ3n) is 3.70. The molecule has 1 aliphatic heterocycles. The summed E-state index contributed by atoms with van der Waals surface area (Å²) in [4.78, 5) is 4.69.